The Labute approximate surface area is 190 Å². The summed E-state index contributed by atoms with van der Waals surface area (Å²) < 4.78 is 0. The summed E-state index contributed by atoms with van der Waals surface area (Å²) in [6.45, 7) is 9.18. The van der Waals surface area contributed by atoms with Gasteiger partial charge in [-0.2, -0.15) is 0 Å². The topological polar surface area (TPSA) is 76.2 Å². The molecular weight excluding hydrogens is 406 g/mol. The molecule has 1 N–H and O–H groups in total. The van der Waals surface area contributed by atoms with E-state index in [-0.39, 0.29) is 24.4 Å². The maximum absolute atomic E-state index is 13.1. The van der Waals surface area contributed by atoms with Gasteiger partial charge in [0.15, 0.2) is 0 Å². The molecule has 8 heteroatoms. The Balaban J connectivity index is 1.38. The van der Waals surface area contributed by atoms with Crippen LogP contribution in [0.2, 0.25) is 0 Å². The SMILES string of the molecule is CCN1CCN(c2ccc(NC(=O)CN3C(=O)N(C)C4(CCCCC4)C3=O)cc2C)CC1. The third kappa shape index (κ3) is 4.08. The molecule has 3 aliphatic rings. The molecule has 174 valence electrons. The Morgan fingerprint density at radius 3 is 2.38 bits per heavy atom. The second-order valence-corrected chi connectivity index (χ2v) is 9.30. The number of nitrogens with zero attached hydrogens (tertiary/aromatic N) is 4. The van der Waals surface area contributed by atoms with Crippen LogP contribution in [0.15, 0.2) is 18.2 Å². The molecule has 0 bridgehead atoms. The van der Waals surface area contributed by atoms with Crippen molar-refractivity contribution >= 4 is 29.2 Å². The number of rotatable bonds is 5. The summed E-state index contributed by atoms with van der Waals surface area (Å²) >= 11 is 0. The van der Waals surface area contributed by atoms with Crippen molar-refractivity contribution in [2.24, 2.45) is 0 Å². The average molecular weight is 442 g/mol. The first kappa shape index (κ1) is 22.6. The normalized spacial score (nSPS) is 21.5. The molecule has 1 spiro atoms. The van der Waals surface area contributed by atoms with E-state index in [1.165, 1.54) is 5.69 Å². The molecule has 1 saturated carbocycles. The van der Waals surface area contributed by atoms with Gasteiger partial charge in [-0.1, -0.05) is 26.2 Å². The van der Waals surface area contributed by atoms with E-state index >= 15 is 0 Å². The Morgan fingerprint density at radius 1 is 1.06 bits per heavy atom. The van der Waals surface area contributed by atoms with Crippen molar-refractivity contribution < 1.29 is 14.4 Å². The molecule has 4 rings (SSSR count). The number of carbonyl (C=O) groups excluding carboxylic acids is 3. The number of likely N-dealkylation sites (N-methyl/N-ethyl adjacent to an activating group) is 2. The van der Waals surface area contributed by atoms with Gasteiger partial charge in [-0.25, -0.2) is 4.79 Å². The van der Waals surface area contributed by atoms with Crippen LogP contribution in [0, 0.1) is 6.92 Å². The lowest BCUT2D eigenvalue weighted by Gasteiger charge is -2.36. The van der Waals surface area contributed by atoms with Crippen LogP contribution in [0.1, 0.15) is 44.6 Å². The number of aryl methyl sites for hydroxylation is 1. The number of carbonyl (C=O) groups is 3. The highest BCUT2D eigenvalue weighted by molar-refractivity contribution is 6.10. The fraction of sp³-hybridized carbons (Fsp3) is 0.625. The Morgan fingerprint density at radius 2 is 1.75 bits per heavy atom. The van der Waals surface area contributed by atoms with Gasteiger partial charge in [0.1, 0.15) is 12.1 Å². The van der Waals surface area contributed by atoms with Crippen LogP contribution in [-0.4, -0.2) is 84.4 Å². The van der Waals surface area contributed by atoms with E-state index in [4.69, 9.17) is 0 Å². The lowest BCUT2D eigenvalue weighted by atomic mass is 9.81. The number of urea groups is 1. The minimum absolute atomic E-state index is 0.224. The van der Waals surface area contributed by atoms with E-state index in [0.29, 0.717) is 18.5 Å². The van der Waals surface area contributed by atoms with Gasteiger partial charge in [0.25, 0.3) is 5.91 Å². The van der Waals surface area contributed by atoms with Gasteiger partial charge in [0.2, 0.25) is 5.91 Å². The van der Waals surface area contributed by atoms with Crippen molar-refractivity contribution in [2.45, 2.75) is 51.5 Å². The Hall–Kier alpha value is -2.61. The predicted molar refractivity (Wildman–Crippen MR) is 125 cm³/mol. The first-order valence-electron chi connectivity index (χ1n) is 11.8. The number of hydrogen-bond donors (Lipinski definition) is 1. The number of amides is 4. The van der Waals surface area contributed by atoms with E-state index < -0.39 is 5.54 Å². The highest BCUT2D eigenvalue weighted by Gasteiger charge is 2.55. The maximum atomic E-state index is 13.1. The van der Waals surface area contributed by atoms with Crippen LogP contribution in [-0.2, 0) is 9.59 Å². The molecule has 2 aliphatic heterocycles. The molecule has 0 radical (unpaired) electrons. The van der Waals surface area contributed by atoms with Gasteiger partial charge in [-0.15, -0.1) is 0 Å². The highest BCUT2D eigenvalue weighted by atomic mass is 16.2. The molecule has 0 aromatic heterocycles. The third-order valence-corrected chi connectivity index (χ3v) is 7.43. The van der Waals surface area contributed by atoms with E-state index in [2.05, 4.69) is 22.0 Å². The van der Waals surface area contributed by atoms with E-state index in [0.717, 1.165) is 62.4 Å². The monoisotopic (exact) mass is 441 g/mol. The Kier molecular flexibility index (Phi) is 6.42. The second kappa shape index (κ2) is 9.10. The summed E-state index contributed by atoms with van der Waals surface area (Å²) in [7, 11) is 1.69. The molecule has 2 heterocycles. The summed E-state index contributed by atoms with van der Waals surface area (Å²) in [6, 6.07) is 5.53. The summed E-state index contributed by atoms with van der Waals surface area (Å²) in [5.41, 5.74) is 2.21. The summed E-state index contributed by atoms with van der Waals surface area (Å²) in [4.78, 5) is 46.0. The highest BCUT2D eigenvalue weighted by Crippen LogP contribution is 2.39. The van der Waals surface area contributed by atoms with Crippen LogP contribution in [0.3, 0.4) is 0 Å². The third-order valence-electron chi connectivity index (χ3n) is 7.43. The number of nitrogens with one attached hydrogen (secondary N) is 1. The van der Waals surface area contributed by atoms with Crippen LogP contribution in [0.5, 0.6) is 0 Å². The summed E-state index contributed by atoms with van der Waals surface area (Å²) in [6.07, 6.45) is 4.31. The fourth-order valence-electron chi connectivity index (χ4n) is 5.41. The second-order valence-electron chi connectivity index (χ2n) is 9.30. The zero-order chi connectivity index (χ0) is 22.9. The number of benzene rings is 1. The summed E-state index contributed by atoms with van der Waals surface area (Å²) in [5, 5.41) is 2.87. The first-order chi connectivity index (χ1) is 15.4. The molecule has 0 atom stereocenters. The average Bonchev–Trinajstić information content (AvgIpc) is 2.96. The lowest BCUT2D eigenvalue weighted by Crippen LogP contribution is -2.49. The number of imide groups is 1. The van der Waals surface area contributed by atoms with Crippen molar-refractivity contribution in [3.63, 3.8) is 0 Å². The minimum Gasteiger partial charge on any atom is -0.369 e. The van der Waals surface area contributed by atoms with Gasteiger partial charge in [0.05, 0.1) is 0 Å². The molecule has 0 unspecified atom stereocenters. The minimum atomic E-state index is -0.754. The standard InChI is InChI=1S/C24H35N5O3/c1-4-27-12-14-28(15-13-27)20-9-8-19(16-18(20)2)25-21(30)17-29-22(31)24(26(3)23(29)32)10-6-5-7-11-24/h8-9,16H,4-7,10-15,17H2,1-3H3,(H,25,30). The molecule has 1 aromatic carbocycles. The number of hydrogen-bond acceptors (Lipinski definition) is 5. The fourth-order valence-corrected chi connectivity index (χ4v) is 5.41. The summed E-state index contributed by atoms with van der Waals surface area (Å²) in [5.74, 6) is -0.575. The molecule has 1 aromatic rings. The number of anilines is 2. The van der Waals surface area contributed by atoms with Gasteiger partial charge < -0.3 is 20.0 Å². The Bertz CT molecular complexity index is 888. The van der Waals surface area contributed by atoms with Crippen LogP contribution >= 0.6 is 0 Å². The van der Waals surface area contributed by atoms with Crippen LogP contribution in [0.25, 0.3) is 0 Å². The van der Waals surface area contributed by atoms with Gasteiger partial charge in [0, 0.05) is 44.6 Å². The van der Waals surface area contributed by atoms with Crippen molar-refractivity contribution in [1.82, 2.24) is 14.7 Å². The molecule has 3 fully saturated rings. The zero-order valence-electron chi connectivity index (χ0n) is 19.5. The molecule has 1 aliphatic carbocycles. The van der Waals surface area contributed by atoms with Gasteiger partial charge >= 0.3 is 6.03 Å². The van der Waals surface area contributed by atoms with Crippen LogP contribution < -0.4 is 10.2 Å². The largest absolute Gasteiger partial charge is 0.369 e. The predicted octanol–water partition coefficient (Wildman–Crippen LogP) is 2.67. The van der Waals surface area contributed by atoms with Gasteiger partial charge in [-0.3, -0.25) is 14.5 Å². The van der Waals surface area contributed by atoms with E-state index in [1.807, 2.05) is 25.1 Å². The maximum Gasteiger partial charge on any atom is 0.327 e. The quantitative estimate of drug-likeness (QED) is 0.711. The smallest absolute Gasteiger partial charge is 0.327 e. The molecule has 4 amide bonds. The lowest BCUT2D eigenvalue weighted by molar-refractivity contribution is -0.136. The first-order valence-corrected chi connectivity index (χ1v) is 11.8. The molecule has 2 saturated heterocycles. The van der Waals surface area contributed by atoms with Crippen molar-refractivity contribution in [2.75, 3.05) is 56.5 Å². The van der Waals surface area contributed by atoms with Crippen LogP contribution in [0.4, 0.5) is 16.2 Å². The molecular formula is C24H35N5O3. The van der Waals surface area contributed by atoms with Crippen molar-refractivity contribution in [3.8, 4) is 0 Å². The van der Waals surface area contributed by atoms with Crippen molar-refractivity contribution in [1.29, 1.82) is 0 Å². The zero-order valence-corrected chi connectivity index (χ0v) is 19.5. The molecule has 32 heavy (non-hydrogen) atoms. The molecule has 8 nitrogen and oxygen atoms in total. The van der Waals surface area contributed by atoms with Crippen molar-refractivity contribution in [3.05, 3.63) is 23.8 Å². The number of piperazine rings is 1. The van der Waals surface area contributed by atoms with Gasteiger partial charge in [-0.05, 0) is 50.1 Å². The van der Waals surface area contributed by atoms with E-state index in [1.54, 1.807) is 11.9 Å². The van der Waals surface area contributed by atoms with E-state index in [9.17, 15) is 14.4 Å².